The van der Waals surface area contributed by atoms with Crippen molar-refractivity contribution in [3.05, 3.63) is 33.9 Å². The van der Waals surface area contributed by atoms with E-state index in [4.69, 9.17) is 14.6 Å². The first-order chi connectivity index (χ1) is 9.18. The van der Waals surface area contributed by atoms with E-state index in [1.54, 1.807) is 0 Å². The average molecular weight is 274 g/mol. The third-order valence-corrected chi connectivity index (χ3v) is 3.88. The molecule has 20 heavy (non-hydrogen) atoms. The zero-order chi connectivity index (χ0) is 15.1. The summed E-state index contributed by atoms with van der Waals surface area (Å²) in [5, 5.41) is 19.9. The quantitative estimate of drug-likeness (QED) is 0.466. The SMILES string of the molecule is CC1(C)OB(c2ccc([N+](=O)[O-])cc2C#N)OC1(C)C. The van der Waals surface area contributed by atoms with Crippen LogP contribution in [0.1, 0.15) is 33.3 Å². The summed E-state index contributed by atoms with van der Waals surface area (Å²) in [6.45, 7) is 7.63. The number of benzene rings is 1. The molecule has 0 aromatic heterocycles. The zero-order valence-corrected chi connectivity index (χ0v) is 11.8. The Bertz CT molecular complexity index is 591. The molecule has 0 saturated carbocycles. The maximum absolute atomic E-state index is 10.7. The number of nitrogens with zero attached hydrogens (tertiary/aromatic N) is 2. The highest BCUT2D eigenvalue weighted by atomic mass is 16.7. The van der Waals surface area contributed by atoms with Gasteiger partial charge in [-0.1, -0.05) is 6.07 Å². The van der Waals surface area contributed by atoms with Crippen molar-refractivity contribution in [1.82, 2.24) is 0 Å². The molecule has 1 aliphatic rings. The third-order valence-electron chi connectivity index (χ3n) is 3.88. The minimum absolute atomic E-state index is 0.123. The minimum Gasteiger partial charge on any atom is -0.399 e. The Morgan fingerprint density at radius 3 is 2.25 bits per heavy atom. The molecule has 0 bridgehead atoms. The van der Waals surface area contributed by atoms with E-state index in [0.29, 0.717) is 5.46 Å². The normalized spacial score (nSPS) is 19.6. The molecule has 1 aliphatic heterocycles. The molecule has 104 valence electrons. The van der Waals surface area contributed by atoms with Gasteiger partial charge in [0.2, 0.25) is 0 Å². The molecule has 1 saturated heterocycles. The number of hydrogen-bond donors (Lipinski definition) is 0. The van der Waals surface area contributed by atoms with Gasteiger partial charge in [-0.3, -0.25) is 10.1 Å². The number of nitriles is 1. The number of non-ortho nitro benzene ring substituents is 1. The predicted molar refractivity (Wildman–Crippen MR) is 73.5 cm³/mol. The van der Waals surface area contributed by atoms with Crippen molar-refractivity contribution in [2.24, 2.45) is 0 Å². The van der Waals surface area contributed by atoms with Gasteiger partial charge in [0.1, 0.15) is 0 Å². The summed E-state index contributed by atoms with van der Waals surface area (Å²) in [7, 11) is -0.699. The van der Waals surface area contributed by atoms with Crippen molar-refractivity contribution >= 4 is 18.3 Å². The first-order valence-electron chi connectivity index (χ1n) is 6.22. The highest BCUT2D eigenvalue weighted by Gasteiger charge is 2.52. The number of hydrogen-bond acceptors (Lipinski definition) is 5. The lowest BCUT2D eigenvalue weighted by atomic mass is 9.76. The van der Waals surface area contributed by atoms with Gasteiger partial charge in [-0.25, -0.2) is 0 Å². The van der Waals surface area contributed by atoms with Crippen molar-refractivity contribution in [2.45, 2.75) is 38.9 Å². The van der Waals surface area contributed by atoms with Crippen LogP contribution in [0, 0.1) is 21.4 Å². The van der Waals surface area contributed by atoms with Crippen LogP contribution in [0.3, 0.4) is 0 Å². The van der Waals surface area contributed by atoms with Crippen molar-refractivity contribution in [3.63, 3.8) is 0 Å². The zero-order valence-electron chi connectivity index (χ0n) is 11.8. The number of nitro benzene ring substituents is 1. The summed E-state index contributed by atoms with van der Waals surface area (Å²) >= 11 is 0. The Labute approximate surface area is 117 Å². The molecule has 0 N–H and O–H groups in total. The molecule has 1 heterocycles. The molecule has 0 atom stereocenters. The molecule has 0 aliphatic carbocycles. The Kier molecular flexibility index (Phi) is 3.32. The predicted octanol–water partition coefficient (Wildman–Crippen LogP) is 1.77. The molecule has 0 spiro atoms. The van der Waals surface area contributed by atoms with Crippen LogP contribution >= 0.6 is 0 Å². The molecule has 0 unspecified atom stereocenters. The third kappa shape index (κ3) is 2.28. The van der Waals surface area contributed by atoms with E-state index in [9.17, 15) is 10.1 Å². The van der Waals surface area contributed by atoms with Crippen molar-refractivity contribution in [3.8, 4) is 6.07 Å². The smallest absolute Gasteiger partial charge is 0.399 e. The molecule has 7 heteroatoms. The second kappa shape index (κ2) is 4.58. The molecule has 1 aromatic carbocycles. The lowest BCUT2D eigenvalue weighted by Crippen LogP contribution is -2.41. The van der Waals surface area contributed by atoms with Crippen molar-refractivity contribution in [2.75, 3.05) is 0 Å². The van der Waals surface area contributed by atoms with Crippen LogP contribution < -0.4 is 5.46 Å². The Morgan fingerprint density at radius 1 is 1.25 bits per heavy atom. The van der Waals surface area contributed by atoms with E-state index in [0.717, 1.165) is 0 Å². The fraction of sp³-hybridized carbons (Fsp3) is 0.462. The molecular weight excluding hydrogens is 259 g/mol. The fourth-order valence-electron chi connectivity index (χ4n) is 1.93. The first-order valence-corrected chi connectivity index (χ1v) is 6.22. The summed E-state index contributed by atoms with van der Waals surface area (Å²) in [5.41, 5.74) is -0.463. The van der Waals surface area contributed by atoms with Crippen LogP contribution in [0.5, 0.6) is 0 Å². The number of rotatable bonds is 2. The maximum Gasteiger partial charge on any atom is 0.496 e. The monoisotopic (exact) mass is 274 g/mol. The molecule has 0 amide bonds. The van der Waals surface area contributed by atoms with Crippen LogP contribution in [0.15, 0.2) is 18.2 Å². The molecule has 6 nitrogen and oxygen atoms in total. The highest BCUT2D eigenvalue weighted by Crippen LogP contribution is 2.36. The number of nitro groups is 1. The maximum atomic E-state index is 10.7. The van der Waals surface area contributed by atoms with Gasteiger partial charge < -0.3 is 9.31 Å². The van der Waals surface area contributed by atoms with Gasteiger partial charge in [-0.05, 0) is 27.7 Å². The van der Waals surface area contributed by atoms with Gasteiger partial charge in [-0.2, -0.15) is 5.26 Å². The van der Waals surface area contributed by atoms with Gasteiger partial charge in [0.05, 0.1) is 27.8 Å². The van der Waals surface area contributed by atoms with E-state index in [1.165, 1.54) is 18.2 Å². The lowest BCUT2D eigenvalue weighted by molar-refractivity contribution is -0.384. The molecule has 1 aromatic rings. The summed E-state index contributed by atoms with van der Waals surface area (Å²) < 4.78 is 11.7. The van der Waals surface area contributed by atoms with Gasteiger partial charge in [-0.15, -0.1) is 0 Å². The summed E-state index contributed by atoms with van der Waals surface area (Å²) in [4.78, 5) is 10.2. The molecular formula is C13H15BN2O4. The van der Waals surface area contributed by atoms with E-state index in [1.807, 2.05) is 33.8 Å². The van der Waals surface area contributed by atoms with Gasteiger partial charge in [0, 0.05) is 17.6 Å². The van der Waals surface area contributed by atoms with Crippen molar-refractivity contribution in [1.29, 1.82) is 5.26 Å². The first kappa shape index (κ1) is 14.5. The summed E-state index contributed by atoms with van der Waals surface area (Å²) in [6, 6.07) is 6.06. The summed E-state index contributed by atoms with van der Waals surface area (Å²) in [5.74, 6) is 0. The van der Waals surface area contributed by atoms with Gasteiger partial charge in [0.15, 0.2) is 0 Å². The standard InChI is InChI=1S/C13H15BN2O4/c1-12(2)13(3,4)20-14(19-12)11-6-5-10(16(17)18)7-9(11)8-15/h5-7H,1-4H3. The van der Waals surface area contributed by atoms with E-state index in [-0.39, 0.29) is 11.3 Å². The second-order valence-electron chi connectivity index (χ2n) is 5.73. The van der Waals surface area contributed by atoms with E-state index >= 15 is 0 Å². The van der Waals surface area contributed by atoms with Crippen LogP contribution in [0.25, 0.3) is 0 Å². The van der Waals surface area contributed by atoms with Crippen LogP contribution in [0.2, 0.25) is 0 Å². The lowest BCUT2D eigenvalue weighted by Gasteiger charge is -2.32. The Morgan fingerprint density at radius 2 is 1.80 bits per heavy atom. The summed E-state index contributed by atoms with van der Waals surface area (Å²) in [6.07, 6.45) is 0. The van der Waals surface area contributed by atoms with Crippen LogP contribution in [-0.4, -0.2) is 23.2 Å². The van der Waals surface area contributed by atoms with Crippen molar-refractivity contribution < 1.29 is 14.2 Å². The average Bonchev–Trinajstić information content (AvgIpc) is 2.57. The van der Waals surface area contributed by atoms with Crippen LogP contribution in [0.4, 0.5) is 5.69 Å². The highest BCUT2D eigenvalue weighted by molar-refractivity contribution is 6.62. The van der Waals surface area contributed by atoms with E-state index in [2.05, 4.69) is 0 Å². The Hall–Kier alpha value is -1.91. The second-order valence-corrected chi connectivity index (χ2v) is 5.73. The largest absolute Gasteiger partial charge is 0.496 e. The molecule has 2 rings (SSSR count). The van der Waals surface area contributed by atoms with Crippen LogP contribution in [-0.2, 0) is 9.31 Å². The van der Waals surface area contributed by atoms with Gasteiger partial charge >= 0.3 is 7.12 Å². The molecule has 0 radical (unpaired) electrons. The fourth-order valence-corrected chi connectivity index (χ4v) is 1.93. The molecule has 1 fully saturated rings. The van der Waals surface area contributed by atoms with E-state index < -0.39 is 23.2 Å². The van der Waals surface area contributed by atoms with Gasteiger partial charge in [0.25, 0.3) is 5.69 Å². The Balaban J connectivity index is 2.41. The minimum atomic E-state index is -0.699. The topological polar surface area (TPSA) is 85.4 Å².